The molecule has 7 heteroatoms. The van der Waals surface area contributed by atoms with Crippen molar-refractivity contribution < 1.29 is 21.6 Å². The maximum atomic E-state index is 14.1. The summed E-state index contributed by atoms with van der Waals surface area (Å²) in [4.78, 5) is 1.59. The molecule has 1 fully saturated rings. The van der Waals surface area contributed by atoms with E-state index in [9.17, 15) is 21.6 Å². The van der Waals surface area contributed by atoms with Crippen molar-refractivity contribution in [3.05, 3.63) is 84.4 Å². The highest BCUT2D eigenvalue weighted by Gasteiger charge is 2.42. The Bertz CT molecular complexity index is 1120. The molecule has 0 bridgehead atoms. The Morgan fingerprint density at radius 3 is 1.75 bits per heavy atom. The number of rotatable bonds is 5. The second-order valence-electron chi connectivity index (χ2n) is 7.89. The van der Waals surface area contributed by atoms with Crippen LogP contribution in [0.5, 0.6) is 0 Å². The quantitative estimate of drug-likeness (QED) is 0.374. The lowest BCUT2D eigenvalue weighted by Crippen LogP contribution is -2.26. The van der Waals surface area contributed by atoms with E-state index < -0.39 is 42.6 Å². The minimum atomic E-state index is -4.77. The molecule has 0 unspecified atom stereocenters. The van der Waals surface area contributed by atoms with E-state index in [1.54, 1.807) is 6.07 Å². The fourth-order valence-electron chi connectivity index (χ4n) is 4.18. The van der Waals surface area contributed by atoms with E-state index in [4.69, 9.17) is 0 Å². The van der Waals surface area contributed by atoms with Gasteiger partial charge >= 0.3 is 6.18 Å². The monoisotopic (exact) mass is 477 g/mol. The third-order valence-electron chi connectivity index (χ3n) is 5.75. The molecule has 168 valence electrons. The summed E-state index contributed by atoms with van der Waals surface area (Å²) in [5.74, 6) is 0. The molecule has 1 aliphatic rings. The molecule has 0 radical (unpaired) electrons. The van der Waals surface area contributed by atoms with Gasteiger partial charge in [0.1, 0.15) is 0 Å². The van der Waals surface area contributed by atoms with E-state index in [0.717, 1.165) is 35.1 Å². The topological polar surface area (TPSA) is 34.1 Å². The molecule has 4 rings (SSSR count). The Morgan fingerprint density at radius 2 is 1.25 bits per heavy atom. The average Bonchev–Trinajstić information content (AvgIpc) is 2.80. The van der Waals surface area contributed by atoms with Crippen LogP contribution in [0.15, 0.2) is 98.4 Å². The molecule has 0 atom stereocenters. The van der Waals surface area contributed by atoms with E-state index >= 15 is 0 Å². The Balaban J connectivity index is 1.86. The molecule has 3 aromatic rings. The van der Waals surface area contributed by atoms with Crippen molar-refractivity contribution in [2.75, 3.05) is 0 Å². The fraction of sp³-hybridized carbons (Fsp3) is 0.280. The number of alkyl halides is 3. The molecule has 0 N–H and O–H groups in total. The minimum Gasteiger partial charge on any atom is -0.223 e. The normalized spacial score (nSPS) is 15.8. The van der Waals surface area contributed by atoms with Crippen molar-refractivity contribution in [1.29, 1.82) is 0 Å². The first-order valence-corrected chi connectivity index (χ1v) is 13.3. The maximum absolute atomic E-state index is 14.1. The molecule has 3 aromatic carbocycles. The third-order valence-corrected chi connectivity index (χ3v) is 10.3. The first-order chi connectivity index (χ1) is 15.3. The molecule has 0 saturated heterocycles. The van der Waals surface area contributed by atoms with Crippen LogP contribution in [-0.2, 0) is 26.9 Å². The fourth-order valence-corrected chi connectivity index (χ4v) is 8.35. The molecule has 2 nitrogen and oxygen atoms in total. The van der Waals surface area contributed by atoms with Gasteiger partial charge in [0.05, 0.1) is 26.6 Å². The molecule has 1 aliphatic carbocycles. The molecule has 1 saturated carbocycles. The third kappa shape index (κ3) is 4.74. The lowest BCUT2D eigenvalue weighted by atomic mass is 10.0. The molecule has 0 amide bonds. The molecule has 0 heterocycles. The van der Waals surface area contributed by atoms with Crippen LogP contribution in [0.25, 0.3) is 0 Å². The first-order valence-electron chi connectivity index (χ1n) is 10.6. The zero-order chi connectivity index (χ0) is 22.8. The molecular weight excluding hydrogens is 453 g/mol. The van der Waals surface area contributed by atoms with Crippen molar-refractivity contribution in [1.82, 2.24) is 0 Å². The van der Waals surface area contributed by atoms with Crippen molar-refractivity contribution >= 4 is 20.7 Å². The van der Waals surface area contributed by atoms with Gasteiger partial charge in [-0.1, -0.05) is 55.7 Å². The smallest absolute Gasteiger partial charge is 0.223 e. The lowest BCUT2D eigenvalue weighted by Gasteiger charge is -2.23. The Kier molecular flexibility index (Phi) is 6.67. The van der Waals surface area contributed by atoms with E-state index in [2.05, 4.69) is 0 Å². The summed E-state index contributed by atoms with van der Waals surface area (Å²) in [5.41, 5.74) is -1.06. The minimum absolute atomic E-state index is 0.416. The molecule has 0 aromatic heterocycles. The highest BCUT2D eigenvalue weighted by molar-refractivity contribution is 7.97. The van der Waals surface area contributed by atoms with Gasteiger partial charge in [0.25, 0.3) is 0 Å². The van der Waals surface area contributed by atoms with Gasteiger partial charge < -0.3 is 0 Å². The maximum Gasteiger partial charge on any atom is 0.417 e. The molecule has 0 spiro atoms. The van der Waals surface area contributed by atoms with Crippen LogP contribution < -0.4 is 0 Å². The van der Waals surface area contributed by atoms with Crippen LogP contribution in [0, 0.1) is 0 Å². The lowest BCUT2D eigenvalue weighted by molar-refractivity contribution is -0.140. The van der Waals surface area contributed by atoms with E-state index in [1.807, 2.05) is 60.7 Å². The van der Waals surface area contributed by atoms with Gasteiger partial charge in [-0.2, -0.15) is 13.2 Å². The number of hydrogen-bond donors (Lipinski definition) is 0. The van der Waals surface area contributed by atoms with Gasteiger partial charge in [-0.05, 0) is 49.2 Å². The van der Waals surface area contributed by atoms with Gasteiger partial charge in [0, 0.05) is 6.07 Å². The van der Waals surface area contributed by atoms with Crippen LogP contribution >= 0.6 is 0 Å². The van der Waals surface area contributed by atoms with Crippen LogP contribution in [0.4, 0.5) is 13.2 Å². The summed E-state index contributed by atoms with van der Waals surface area (Å²) >= 11 is 0. The van der Waals surface area contributed by atoms with E-state index in [0.29, 0.717) is 17.7 Å². The van der Waals surface area contributed by atoms with Gasteiger partial charge in [0.15, 0.2) is 24.5 Å². The van der Waals surface area contributed by atoms with Gasteiger partial charge in [-0.3, -0.25) is 0 Å². The molecule has 0 aliphatic heterocycles. The summed E-state index contributed by atoms with van der Waals surface area (Å²) in [6, 6.07) is 22.4. The van der Waals surface area contributed by atoms with Gasteiger partial charge in [-0.25, -0.2) is 8.42 Å². The van der Waals surface area contributed by atoms with E-state index in [-0.39, 0.29) is 0 Å². The molecule has 32 heavy (non-hydrogen) atoms. The number of halogens is 3. The predicted octanol–water partition coefficient (Wildman–Crippen LogP) is 6.91. The number of benzene rings is 3. The summed E-state index contributed by atoms with van der Waals surface area (Å²) in [6.45, 7) is 0. The summed E-state index contributed by atoms with van der Waals surface area (Å²) in [5, 5.41) is -0.746. The van der Waals surface area contributed by atoms with E-state index in [1.165, 1.54) is 6.07 Å². The first kappa shape index (κ1) is 22.9. The summed E-state index contributed by atoms with van der Waals surface area (Å²) < 4.78 is 68.8. The van der Waals surface area contributed by atoms with Crippen molar-refractivity contribution in [3.8, 4) is 0 Å². The molecular formula is C25H24F3O2S2+. The predicted molar refractivity (Wildman–Crippen MR) is 121 cm³/mol. The largest absolute Gasteiger partial charge is 0.417 e. The number of hydrogen-bond acceptors (Lipinski definition) is 2. The summed E-state index contributed by atoms with van der Waals surface area (Å²) in [6.07, 6.45) is -1.55. The highest BCUT2D eigenvalue weighted by atomic mass is 32.2. The van der Waals surface area contributed by atoms with Crippen molar-refractivity contribution in [2.45, 2.75) is 63.1 Å². The number of sulfone groups is 1. The van der Waals surface area contributed by atoms with Gasteiger partial charge in [-0.15, -0.1) is 0 Å². The Labute approximate surface area is 189 Å². The Morgan fingerprint density at radius 1 is 0.719 bits per heavy atom. The SMILES string of the molecule is O=S(=O)(c1ccc([S+](c2ccccc2)c2ccccc2)cc1C(F)(F)F)C1CCCCC1. The standard InChI is InChI=1S/C25H24F3O2S2/c26-25(27,28)23-18-21(16-17-24(23)32(29,30)22-14-8-3-9-15-22)31(19-10-4-1-5-11-19)20-12-6-2-7-13-20/h1-2,4-7,10-13,16-18,22H,3,8-9,14-15H2/q+1. The average molecular weight is 478 g/mol. The van der Waals surface area contributed by atoms with Crippen LogP contribution in [0.3, 0.4) is 0 Å². The highest BCUT2D eigenvalue weighted by Crippen LogP contribution is 2.41. The van der Waals surface area contributed by atoms with Gasteiger partial charge in [0.2, 0.25) is 0 Å². The van der Waals surface area contributed by atoms with Crippen LogP contribution in [0.2, 0.25) is 0 Å². The zero-order valence-corrected chi connectivity index (χ0v) is 19.0. The Hall–Kier alpha value is -2.25. The second kappa shape index (κ2) is 9.32. The van der Waals surface area contributed by atoms with Crippen molar-refractivity contribution in [3.63, 3.8) is 0 Å². The van der Waals surface area contributed by atoms with Crippen LogP contribution in [0.1, 0.15) is 37.7 Å². The zero-order valence-electron chi connectivity index (χ0n) is 17.4. The van der Waals surface area contributed by atoms with Crippen molar-refractivity contribution in [2.24, 2.45) is 0 Å². The summed E-state index contributed by atoms with van der Waals surface area (Å²) in [7, 11) is -4.86. The van der Waals surface area contributed by atoms with Crippen LogP contribution in [-0.4, -0.2) is 13.7 Å². The second-order valence-corrected chi connectivity index (χ2v) is 12.1.